The van der Waals surface area contributed by atoms with E-state index in [1.807, 2.05) is 35.6 Å². The molecule has 114 valence electrons. The van der Waals surface area contributed by atoms with Crippen LogP contribution in [0.1, 0.15) is 22.8 Å². The van der Waals surface area contributed by atoms with Crippen molar-refractivity contribution in [3.63, 3.8) is 0 Å². The largest absolute Gasteiger partial charge is 0.507 e. The number of rotatable bonds is 5. The van der Waals surface area contributed by atoms with Crippen molar-refractivity contribution in [3.05, 3.63) is 64.4 Å². The van der Waals surface area contributed by atoms with Crippen LogP contribution in [0.3, 0.4) is 0 Å². The van der Waals surface area contributed by atoms with E-state index in [2.05, 4.69) is 48.6 Å². The third-order valence-electron chi connectivity index (χ3n) is 4.06. The van der Waals surface area contributed by atoms with E-state index < -0.39 is 0 Å². The lowest BCUT2D eigenvalue weighted by Gasteiger charge is -2.21. The highest BCUT2D eigenvalue weighted by atomic mass is 32.1. The number of aromatic hydroxyl groups is 1. The van der Waals surface area contributed by atoms with Gasteiger partial charge in [0.2, 0.25) is 0 Å². The Morgan fingerprint density at radius 1 is 1.00 bits per heavy atom. The van der Waals surface area contributed by atoms with Crippen molar-refractivity contribution in [1.29, 1.82) is 0 Å². The number of hydrogen-bond donors (Lipinski definition) is 1. The second-order valence-corrected chi connectivity index (χ2v) is 6.86. The van der Waals surface area contributed by atoms with Gasteiger partial charge in [-0.25, -0.2) is 0 Å². The van der Waals surface area contributed by atoms with Gasteiger partial charge in [-0.15, -0.1) is 11.3 Å². The molecule has 22 heavy (non-hydrogen) atoms. The van der Waals surface area contributed by atoms with Crippen LogP contribution in [0, 0.1) is 0 Å². The first-order valence-corrected chi connectivity index (χ1v) is 8.43. The standard InChI is InChI=1S/C19H21NOS/c1-20(2)12-11-17(19-8-5-13-22-19)15-9-10-18(21)16-7-4-3-6-14(15)16/h3-10,13,17,21H,11-12H2,1-2H3. The van der Waals surface area contributed by atoms with E-state index in [0.717, 1.165) is 23.7 Å². The van der Waals surface area contributed by atoms with Crippen LogP contribution in [-0.2, 0) is 0 Å². The Morgan fingerprint density at radius 3 is 2.45 bits per heavy atom. The normalized spacial score (nSPS) is 12.9. The van der Waals surface area contributed by atoms with Crippen molar-refractivity contribution in [2.75, 3.05) is 20.6 Å². The van der Waals surface area contributed by atoms with Gasteiger partial charge in [0.1, 0.15) is 5.75 Å². The van der Waals surface area contributed by atoms with Crippen molar-refractivity contribution in [2.45, 2.75) is 12.3 Å². The van der Waals surface area contributed by atoms with Crippen molar-refractivity contribution >= 4 is 22.1 Å². The molecule has 1 unspecified atom stereocenters. The summed E-state index contributed by atoms with van der Waals surface area (Å²) in [4.78, 5) is 3.61. The maximum atomic E-state index is 10.1. The predicted molar refractivity (Wildman–Crippen MR) is 94.9 cm³/mol. The molecule has 2 nitrogen and oxygen atoms in total. The molecule has 0 fully saturated rings. The van der Waals surface area contributed by atoms with Gasteiger partial charge in [0.05, 0.1) is 0 Å². The molecule has 3 heteroatoms. The summed E-state index contributed by atoms with van der Waals surface area (Å²) in [7, 11) is 4.22. The molecule has 0 amide bonds. The van der Waals surface area contributed by atoms with Crippen LogP contribution in [0.25, 0.3) is 10.8 Å². The number of thiophene rings is 1. The molecule has 3 aromatic rings. The van der Waals surface area contributed by atoms with Gasteiger partial charge in [0.25, 0.3) is 0 Å². The van der Waals surface area contributed by atoms with Gasteiger partial charge in [-0.3, -0.25) is 0 Å². The third-order valence-corrected chi connectivity index (χ3v) is 5.05. The maximum Gasteiger partial charge on any atom is 0.123 e. The van der Waals surface area contributed by atoms with Gasteiger partial charge in [-0.05, 0) is 55.5 Å². The molecule has 1 aromatic heterocycles. The van der Waals surface area contributed by atoms with Crippen molar-refractivity contribution in [3.8, 4) is 5.75 Å². The smallest absolute Gasteiger partial charge is 0.123 e. The van der Waals surface area contributed by atoms with Gasteiger partial charge in [0.15, 0.2) is 0 Å². The molecule has 2 aromatic carbocycles. The minimum Gasteiger partial charge on any atom is -0.507 e. The van der Waals surface area contributed by atoms with Crippen LogP contribution in [0.2, 0.25) is 0 Å². The maximum absolute atomic E-state index is 10.1. The van der Waals surface area contributed by atoms with Crippen LogP contribution >= 0.6 is 11.3 Å². The molecule has 1 atom stereocenters. The summed E-state index contributed by atoms with van der Waals surface area (Å²) in [5.74, 6) is 0.727. The molecule has 1 N–H and O–H groups in total. The first-order chi connectivity index (χ1) is 10.7. The summed E-state index contributed by atoms with van der Waals surface area (Å²) in [6, 6.07) is 16.4. The Morgan fingerprint density at radius 2 is 1.77 bits per heavy atom. The molecule has 0 aliphatic carbocycles. The number of benzene rings is 2. The summed E-state index contributed by atoms with van der Waals surface area (Å²) in [5.41, 5.74) is 1.30. The molecule has 0 radical (unpaired) electrons. The van der Waals surface area contributed by atoms with E-state index in [9.17, 15) is 5.11 Å². The van der Waals surface area contributed by atoms with E-state index >= 15 is 0 Å². The lowest BCUT2D eigenvalue weighted by molar-refractivity contribution is 0.391. The molecular formula is C19H21NOS. The quantitative estimate of drug-likeness (QED) is 0.739. The first-order valence-electron chi connectivity index (χ1n) is 7.55. The SMILES string of the molecule is CN(C)CCC(c1cccs1)c1ccc(O)c2ccccc12. The highest BCUT2D eigenvalue weighted by molar-refractivity contribution is 7.10. The molecule has 0 bridgehead atoms. The molecule has 0 aliphatic rings. The van der Waals surface area contributed by atoms with Crippen molar-refractivity contribution in [2.24, 2.45) is 0 Å². The lowest BCUT2D eigenvalue weighted by Crippen LogP contribution is -2.16. The number of nitrogens with zero attached hydrogens (tertiary/aromatic N) is 1. The van der Waals surface area contributed by atoms with Crippen LogP contribution in [-0.4, -0.2) is 30.6 Å². The molecule has 0 saturated carbocycles. The number of fused-ring (bicyclic) bond motifs is 1. The highest BCUT2D eigenvalue weighted by Crippen LogP contribution is 2.38. The topological polar surface area (TPSA) is 23.5 Å². The fraction of sp³-hybridized carbons (Fsp3) is 0.263. The van der Waals surface area contributed by atoms with Gasteiger partial charge in [0, 0.05) is 16.2 Å². The average Bonchev–Trinajstić information content (AvgIpc) is 3.04. The minimum absolute atomic E-state index is 0.358. The second-order valence-electron chi connectivity index (χ2n) is 5.88. The van der Waals surface area contributed by atoms with Gasteiger partial charge in [-0.2, -0.15) is 0 Å². The summed E-state index contributed by atoms with van der Waals surface area (Å²) < 4.78 is 0. The van der Waals surface area contributed by atoms with E-state index in [0.29, 0.717) is 11.7 Å². The van der Waals surface area contributed by atoms with Crippen LogP contribution in [0.15, 0.2) is 53.9 Å². The number of phenols is 1. The average molecular weight is 311 g/mol. The summed E-state index contributed by atoms with van der Waals surface area (Å²) in [5, 5.41) is 14.3. The van der Waals surface area contributed by atoms with Crippen molar-refractivity contribution in [1.82, 2.24) is 4.90 Å². The molecular weight excluding hydrogens is 290 g/mol. The van der Waals surface area contributed by atoms with E-state index in [-0.39, 0.29) is 0 Å². The number of phenolic OH excluding ortho intramolecular Hbond substituents is 1. The van der Waals surface area contributed by atoms with Crippen molar-refractivity contribution < 1.29 is 5.11 Å². The van der Waals surface area contributed by atoms with Crippen LogP contribution in [0.5, 0.6) is 5.75 Å². The Labute approximate surface area is 135 Å². The van der Waals surface area contributed by atoms with Gasteiger partial charge < -0.3 is 10.0 Å². The van der Waals surface area contributed by atoms with Crippen LogP contribution in [0.4, 0.5) is 0 Å². The number of hydrogen-bond acceptors (Lipinski definition) is 3. The summed E-state index contributed by atoms with van der Waals surface area (Å²) in [6.45, 7) is 1.04. The molecule has 3 rings (SSSR count). The van der Waals surface area contributed by atoms with E-state index in [1.54, 1.807) is 0 Å². The molecule has 1 heterocycles. The van der Waals surface area contributed by atoms with Gasteiger partial charge in [-0.1, -0.05) is 36.4 Å². The highest BCUT2D eigenvalue weighted by Gasteiger charge is 2.18. The van der Waals surface area contributed by atoms with Gasteiger partial charge >= 0.3 is 0 Å². The Balaban J connectivity index is 2.10. The fourth-order valence-corrected chi connectivity index (χ4v) is 3.82. The minimum atomic E-state index is 0.358. The predicted octanol–water partition coefficient (Wildman–Crippen LogP) is 4.69. The lowest BCUT2D eigenvalue weighted by atomic mass is 9.89. The van der Waals surface area contributed by atoms with E-state index in [1.165, 1.54) is 10.4 Å². The zero-order valence-electron chi connectivity index (χ0n) is 13.0. The monoisotopic (exact) mass is 311 g/mol. The first kappa shape index (κ1) is 15.1. The van der Waals surface area contributed by atoms with Crippen LogP contribution < -0.4 is 0 Å². The Kier molecular flexibility index (Phi) is 4.46. The fourth-order valence-electron chi connectivity index (χ4n) is 2.94. The molecule has 0 aliphatic heterocycles. The third kappa shape index (κ3) is 3.01. The second kappa shape index (κ2) is 6.51. The summed E-state index contributed by atoms with van der Waals surface area (Å²) in [6.07, 6.45) is 1.07. The molecule has 0 saturated heterocycles. The summed E-state index contributed by atoms with van der Waals surface area (Å²) >= 11 is 1.81. The Hall–Kier alpha value is -1.84. The van der Waals surface area contributed by atoms with E-state index in [4.69, 9.17) is 0 Å². The zero-order valence-corrected chi connectivity index (χ0v) is 13.8. The Bertz CT molecular complexity index is 749. The zero-order chi connectivity index (χ0) is 15.5. The molecule has 0 spiro atoms.